The van der Waals surface area contributed by atoms with Crippen LogP contribution in [0.25, 0.3) is 10.9 Å². The number of benzene rings is 2. The van der Waals surface area contributed by atoms with Crippen LogP contribution in [-0.4, -0.2) is 49.7 Å². The minimum Gasteiger partial charge on any atom is -0.368 e. The molecule has 0 unspecified atom stereocenters. The van der Waals surface area contributed by atoms with Gasteiger partial charge in [-0.1, -0.05) is 30.3 Å². The summed E-state index contributed by atoms with van der Waals surface area (Å²) in [5, 5.41) is 1.30. The van der Waals surface area contributed by atoms with Crippen LogP contribution in [-0.2, 0) is 13.0 Å². The number of fused-ring (bicyclic) bond motifs is 2. The molecule has 1 saturated heterocycles. The third kappa shape index (κ3) is 3.33. The maximum Gasteiger partial charge on any atom is 0.0727 e. The molecule has 28 heavy (non-hydrogen) atoms. The molecule has 144 valence electrons. The van der Waals surface area contributed by atoms with Gasteiger partial charge in [-0.05, 0) is 49.2 Å². The van der Waals surface area contributed by atoms with Gasteiger partial charge in [0.05, 0.1) is 5.52 Å². The number of aryl methyl sites for hydroxylation is 1. The van der Waals surface area contributed by atoms with Crippen molar-refractivity contribution in [1.82, 2.24) is 9.88 Å². The fourth-order valence-electron chi connectivity index (χ4n) is 4.58. The Labute approximate surface area is 167 Å². The van der Waals surface area contributed by atoms with Crippen molar-refractivity contribution in [1.29, 1.82) is 0 Å². The van der Waals surface area contributed by atoms with Crippen molar-refractivity contribution in [2.24, 2.45) is 0 Å². The number of pyridine rings is 1. The van der Waals surface area contributed by atoms with E-state index < -0.39 is 0 Å². The highest BCUT2D eigenvalue weighted by Gasteiger charge is 2.21. The molecule has 3 heterocycles. The fraction of sp³-hybridized carbons (Fsp3) is 0.375. The van der Waals surface area contributed by atoms with E-state index in [0.29, 0.717) is 0 Å². The molecule has 3 aromatic rings. The second kappa shape index (κ2) is 7.44. The molecule has 4 nitrogen and oxygen atoms in total. The van der Waals surface area contributed by atoms with Gasteiger partial charge in [0.25, 0.3) is 0 Å². The number of hydrogen-bond donors (Lipinski definition) is 0. The minimum absolute atomic E-state index is 0.976. The average Bonchev–Trinajstić information content (AvgIpc) is 2.74. The molecule has 0 bridgehead atoms. The van der Waals surface area contributed by atoms with Crippen LogP contribution < -0.4 is 9.80 Å². The van der Waals surface area contributed by atoms with Gasteiger partial charge in [-0.15, -0.1) is 0 Å². The van der Waals surface area contributed by atoms with Crippen LogP contribution in [0.4, 0.5) is 11.4 Å². The van der Waals surface area contributed by atoms with Gasteiger partial charge in [-0.2, -0.15) is 0 Å². The predicted molar refractivity (Wildman–Crippen MR) is 117 cm³/mol. The summed E-state index contributed by atoms with van der Waals surface area (Å²) in [6, 6.07) is 17.8. The minimum atomic E-state index is 0.976. The molecular formula is C24H28N4. The number of piperazine rings is 1. The zero-order valence-electron chi connectivity index (χ0n) is 16.6. The molecule has 0 saturated carbocycles. The normalized spacial score (nSPS) is 17.8. The molecule has 5 rings (SSSR count). The van der Waals surface area contributed by atoms with Gasteiger partial charge in [0.15, 0.2) is 0 Å². The third-order valence-corrected chi connectivity index (χ3v) is 6.19. The summed E-state index contributed by atoms with van der Waals surface area (Å²) in [5.74, 6) is 0. The zero-order valence-corrected chi connectivity index (χ0v) is 16.6. The molecular weight excluding hydrogens is 344 g/mol. The molecule has 0 radical (unpaired) electrons. The Bertz CT molecular complexity index is 961. The zero-order chi connectivity index (χ0) is 18.9. The van der Waals surface area contributed by atoms with Crippen molar-refractivity contribution in [2.45, 2.75) is 19.4 Å². The highest BCUT2D eigenvalue weighted by atomic mass is 15.2. The Balaban J connectivity index is 1.54. The largest absolute Gasteiger partial charge is 0.368 e. The van der Waals surface area contributed by atoms with Crippen LogP contribution in [0, 0.1) is 0 Å². The summed E-state index contributed by atoms with van der Waals surface area (Å²) in [6.45, 7) is 6.51. The lowest BCUT2D eigenvalue weighted by atomic mass is 9.98. The Hall–Kier alpha value is -2.59. The van der Waals surface area contributed by atoms with Crippen LogP contribution in [0.3, 0.4) is 0 Å². The van der Waals surface area contributed by atoms with Crippen molar-refractivity contribution < 1.29 is 0 Å². The van der Waals surface area contributed by atoms with Crippen molar-refractivity contribution in [3.05, 3.63) is 65.9 Å². The summed E-state index contributed by atoms with van der Waals surface area (Å²) in [6.07, 6.45) is 4.34. The molecule has 0 atom stereocenters. The number of aromatic nitrogens is 1. The van der Waals surface area contributed by atoms with Crippen LogP contribution in [0.15, 0.2) is 54.7 Å². The first-order valence-corrected chi connectivity index (χ1v) is 10.4. The highest BCUT2D eigenvalue weighted by Crippen LogP contribution is 2.36. The number of rotatable bonds is 3. The predicted octanol–water partition coefficient (Wildman–Crippen LogP) is 3.94. The first-order chi connectivity index (χ1) is 13.8. The third-order valence-electron chi connectivity index (χ3n) is 6.19. The van der Waals surface area contributed by atoms with Gasteiger partial charge in [0.2, 0.25) is 0 Å². The number of nitrogens with zero attached hydrogens (tertiary/aromatic N) is 4. The van der Waals surface area contributed by atoms with E-state index in [9.17, 15) is 0 Å². The summed E-state index contributed by atoms with van der Waals surface area (Å²) < 4.78 is 0. The summed E-state index contributed by atoms with van der Waals surface area (Å²) in [5.41, 5.74) is 6.69. The van der Waals surface area contributed by atoms with Crippen LogP contribution >= 0.6 is 0 Å². The van der Waals surface area contributed by atoms with Crippen molar-refractivity contribution in [3.8, 4) is 0 Å². The summed E-state index contributed by atoms with van der Waals surface area (Å²) in [7, 11) is 2.21. The van der Waals surface area contributed by atoms with E-state index in [4.69, 9.17) is 4.98 Å². The SMILES string of the molecule is CN1CCN(c2ccnc3cc4c(cc23)N(Cc2ccccc2)CCC4)CC1. The van der Waals surface area contributed by atoms with Gasteiger partial charge < -0.3 is 14.7 Å². The van der Waals surface area contributed by atoms with Gasteiger partial charge in [-0.3, -0.25) is 4.98 Å². The van der Waals surface area contributed by atoms with Crippen LogP contribution in [0.1, 0.15) is 17.5 Å². The smallest absolute Gasteiger partial charge is 0.0727 e. The van der Waals surface area contributed by atoms with Gasteiger partial charge in [0, 0.05) is 62.2 Å². The lowest BCUT2D eigenvalue weighted by molar-refractivity contribution is 0.313. The maximum atomic E-state index is 4.71. The standard InChI is InChI=1S/C24H28N4/c1-26-12-14-27(15-13-26)23-9-10-25-22-16-20-8-5-11-28(24(20)17-21(22)23)18-19-6-3-2-4-7-19/h2-4,6-7,9-10,16-17H,5,8,11-15,18H2,1H3. The molecule has 0 amide bonds. The van der Waals surface area contributed by atoms with E-state index in [1.807, 2.05) is 6.20 Å². The first-order valence-electron chi connectivity index (χ1n) is 10.4. The second-order valence-corrected chi connectivity index (χ2v) is 8.13. The van der Waals surface area contributed by atoms with Gasteiger partial charge in [0.1, 0.15) is 0 Å². The number of hydrogen-bond acceptors (Lipinski definition) is 4. The highest BCUT2D eigenvalue weighted by molar-refractivity contribution is 5.95. The van der Waals surface area contributed by atoms with E-state index in [1.54, 1.807) is 0 Å². The Morgan fingerprint density at radius 2 is 1.71 bits per heavy atom. The molecule has 0 aliphatic carbocycles. The van der Waals surface area contributed by atoms with Crippen LogP contribution in [0.2, 0.25) is 0 Å². The molecule has 0 spiro atoms. The van der Waals surface area contributed by atoms with Gasteiger partial charge >= 0.3 is 0 Å². The van der Waals surface area contributed by atoms with Gasteiger partial charge in [-0.25, -0.2) is 0 Å². The van der Waals surface area contributed by atoms with E-state index in [1.165, 1.54) is 34.3 Å². The fourth-order valence-corrected chi connectivity index (χ4v) is 4.58. The molecule has 1 aromatic heterocycles. The molecule has 1 fully saturated rings. The van der Waals surface area contributed by atoms with E-state index >= 15 is 0 Å². The molecule has 2 aliphatic rings. The molecule has 0 N–H and O–H groups in total. The quantitative estimate of drug-likeness (QED) is 0.694. The molecule has 4 heteroatoms. The molecule has 2 aromatic carbocycles. The topological polar surface area (TPSA) is 22.6 Å². The first kappa shape index (κ1) is 17.5. The van der Waals surface area contributed by atoms with E-state index in [-0.39, 0.29) is 0 Å². The Kier molecular flexibility index (Phi) is 4.65. The average molecular weight is 373 g/mol. The van der Waals surface area contributed by atoms with Crippen molar-refractivity contribution in [2.75, 3.05) is 49.6 Å². The Morgan fingerprint density at radius 1 is 0.893 bits per heavy atom. The number of anilines is 2. The summed E-state index contributed by atoms with van der Waals surface area (Å²) >= 11 is 0. The lowest BCUT2D eigenvalue weighted by Gasteiger charge is -2.35. The second-order valence-electron chi connectivity index (χ2n) is 8.13. The van der Waals surface area contributed by atoms with Crippen molar-refractivity contribution in [3.63, 3.8) is 0 Å². The van der Waals surface area contributed by atoms with Crippen LogP contribution in [0.5, 0.6) is 0 Å². The molecule has 2 aliphatic heterocycles. The Morgan fingerprint density at radius 3 is 2.54 bits per heavy atom. The maximum absolute atomic E-state index is 4.71. The monoisotopic (exact) mass is 372 g/mol. The van der Waals surface area contributed by atoms with E-state index in [0.717, 1.165) is 51.2 Å². The summed E-state index contributed by atoms with van der Waals surface area (Å²) in [4.78, 5) is 12.2. The number of likely N-dealkylation sites (N-methyl/N-ethyl adjacent to an activating group) is 1. The van der Waals surface area contributed by atoms with E-state index in [2.05, 4.69) is 70.3 Å². The lowest BCUT2D eigenvalue weighted by Crippen LogP contribution is -2.44. The van der Waals surface area contributed by atoms with Crippen molar-refractivity contribution >= 4 is 22.3 Å².